The molecule has 0 spiro atoms. The van der Waals surface area contributed by atoms with Crippen LogP contribution in [0.3, 0.4) is 0 Å². The summed E-state index contributed by atoms with van der Waals surface area (Å²) < 4.78 is 9.60. The summed E-state index contributed by atoms with van der Waals surface area (Å²) >= 11 is 2.92. The van der Waals surface area contributed by atoms with Gasteiger partial charge in [-0.15, -0.1) is 22.7 Å². The van der Waals surface area contributed by atoms with Crippen LogP contribution in [-0.4, -0.2) is 35.1 Å². The molecule has 0 unspecified atom stereocenters. The smallest absolute Gasteiger partial charge is 0.347 e. The maximum Gasteiger partial charge on any atom is 0.347 e. The Morgan fingerprint density at radius 3 is 1.96 bits per heavy atom. The molecule has 2 rings (SSSR count). The van der Waals surface area contributed by atoms with Gasteiger partial charge in [0, 0.05) is 28.3 Å². The van der Waals surface area contributed by atoms with E-state index >= 15 is 0 Å². The van der Waals surface area contributed by atoms with Gasteiger partial charge in [0.05, 0.1) is 13.2 Å². The Morgan fingerprint density at radius 2 is 1.62 bits per heavy atom. The van der Waals surface area contributed by atoms with Crippen LogP contribution in [0.25, 0.3) is 0 Å². The number of rotatable bonds is 6. The zero-order valence-corrected chi connectivity index (χ0v) is 16.7. The van der Waals surface area contributed by atoms with E-state index in [1.807, 2.05) is 13.8 Å². The second-order valence-corrected chi connectivity index (χ2v) is 7.23. The van der Waals surface area contributed by atoms with E-state index in [0.29, 0.717) is 10.3 Å². The third kappa shape index (κ3) is 7.62. The number of aromatic nitrogens is 2. The lowest BCUT2D eigenvalue weighted by Gasteiger charge is -2.06. The van der Waals surface area contributed by atoms with Crippen molar-refractivity contribution in [3.8, 4) is 0 Å². The van der Waals surface area contributed by atoms with Crippen molar-refractivity contribution < 1.29 is 19.1 Å². The SMILES string of the molecule is CCOC(=O)C(=CNc1ncc(C)s1)C(=O)OCC.Cc1cnc(N)s1. The maximum absolute atomic E-state index is 11.6. The first kappa shape index (κ1) is 21.6. The molecule has 0 aliphatic carbocycles. The number of nitrogens with zero attached hydrogens (tertiary/aromatic N) is 2. The van der Waals surface area contributed by atoms with Crippen LogP contribution in [0.1, 0.15) is 23.6 Å². The van der Waals surface area contributed by atoms with E-state index in [4.69, 9.17) is 15.2 Å². The van der Waals surface area contributed by atoms with Crippen LogP contribution in [0.4, 0.5) is 10.3 Å². The van der Waals surface area contributed by atoms with Crippen LogP contribution >= 0.6 is 22.7 Å². The number of carbonyl (C=O) groups is 2. The predicted octanol–water partition coefficient (Wildman–Crippen LogP) is 2.91. The van der Waals surface area contributed by atoms with Crippen molar-refractivity contribution in [2.75, 3.05) is 24.3 Å². The summed E-state index contributed by atoms with van der Waals surface area (Å²) in [6.07, 6.45) is 4.71. The Bertz CT molecular complexity index is 719. The number of ether oxygens (including phenoxy) is 2. The van der Waals surface area contributed by atoms with Gasteiger partial charge < -0.3 is 20.5 Å². The molecule has 0 radical (unpaired) electrons. The molecular formula is C16H22N4O4S2. The van der Waals surface area contributed by atoms with Gasteiger partial charge in [-0.3, -0.25) is 0 Å². The number of esters is 2. The Hall–Kier alpha value is -2.46. The number of hydrogen-bond donors (Lipinski definition) is 2. The summed E-state index contributed by atoms with van der Waals surface area (Å²) in [6, 6.07) is 0. The highest BCUT2D eigenvalue weighted by Crippen LogP contribution is 2.17. The monoisotopic (exact) mass is 398 g/mol. The fourth-order valence-corrected chi connectivity index (χ4v) is 2.72. The van der Waals surface area contributed by atoms with Crippen LogP contribution in [0.2, 0.25) is 0 Å². The molecule has 0 amide bonds. The first-order valence-corrected chi connectivity index (χ1v) is 9.41. The Balaban J connectivity index is 0.000000401. The molecule has 0 atom stereocenters. The van der Waals surface area contributed by atoms with Gasteiger partial charge in [0.15, 0.2) is 15.8 Å². The summed E-state index contributed by atoms with van der Waals surface area (Å²) in [4.78, 5) is 33.3. The Labute approximate surface area is 160 Å². The quantitative estimate of drug-likeness (QED) is 0.330. The number of carbonyl (C=O) groups excluding carboxylic acids is 2. The molecule has 2 aromatic rings. The van der Waals surface area contributed by atoms with E-state index in [9.17, 15) is 9.59 Å². The highest BCUT2D eigenvalue weighted by Gasteiger charge is 2.21. The predicted molar refractivity (Wildman–Crippen MR) is 103 cm³/mol. The molecule has 0 aliphatic heterocycles. The number of anilines is 2. The standard InChI is InChI=1S/C12H16N2O4S.C4H6N2S/c1-4-17-10(15)9(11(16)18-5-2)7-14-12-13-6-8(3)19-12;1-3-2-6-4(5)7-3/h6-7H,4-5H2,1-3H3,(H,13,14);2H,1H3,(H2,5,6). The second-order valence-electron chi connectivity index (χ2n) is 4.73. The van der Waals surface area contributed by atoms with Crippen LogP contribution in [0.5, 0.6) is 0 Å². The van der Waals surface area contributed by atoms with Gasteiger partial charge in [-0.1, -0.05) is 0 Å². The average molecular weight is 399 g/mol. The van der Waals surface area contributed by atoms with Crippen molar-refractivity contribution in [1.29, 1.82) is 0 Å². The molecule has 0 saturated carbocycles. The molecule has 10 heteroatoms. The molecular weight excluding hydrogens is 376 g/mol. The first-order valence-electron chi connectivity index (χ1n) is 7.78. The molecule has 3 N–H and O–H groups in total. The fourth-order valence-electron chi connectivity index (χ4n) is 1.55. The van der Waals surface area contributed by atoms with Crippen molar-refractivity contribution in [2.45, 2.75) is 27.7 Å². The van der Waals surface area contributed by atoms with E-state index in [1.54, 1.807) is 26.2 Å². The number of nitrogen functional groups attached to an aromatic ring is 1. The van der Waals surface area contributed by atoms with Crippen molar-refractivity contribution in [3.63, 3.8) is 0 Å². The van der Waals surface area contributed by atoms with Gasteiger partial charge in [-0.2, -0.15) is 0 Å². The maximum atomic E-state index is 11.6. The zero-order valence-electron chi connectivity index (χ0n) is 15.1. The van der Waals surface area contributed by atoms with Crippen LogP contribution < -0.4 is 11.1 Å². The molecule has 2 aromatic heterocycles. The third-order valence-electron chi connectivity index (χ3n) is 2.59. The Kier molecular flexibility index (Phi) is 9.31. The number of nitrogens with one attached hydrogen (secondary N) is 1. The van der Waals surface area contributed by atoms with Gasteiger partial charge >= 0.3 is 11.9 Å². The van der Waals surface area contributed by atoms with Crippen molar-refractivity contribution >= 4 is 44.9 Å². The summed E-state index contributed by atoms with van der Waals surface area (Å²) in [7, 11) is 0. The van der Waals surface area contributed by atoms with Crippen molar-refractivity contribution in [1.82, 2.24) is 9.97 Å². The summed E-state index contributed by atoms with van der Waals surface area (Å²) in [6.45, 7) is 7.59. The van der Waals surface area contributed by atoms with Gasteiger partial charge in [0.2, 0.25) is 0 Å². The highest BCUT2D eigenvalue weighted by molar-refractivity contribution is 7.15. The number of hydrogen-bond acceptors (Lipinski definition) is 10. The minimum Gasteiger partial charge on any atom is -0.462 e. The molecule has 0 fully saturated rings. The lowest BCUT2D eigenvalue weighted by molar-refractivity contribution is -0.146. The number of nitrogens with two attached hydrogens (primary N) is 1. The third-order valence-corrected chi connectivity index (χ3v) is 4.18. The number of aryl methyl sites for hydroxylation is 2. The molecule has 0 bridgehead atoms. The summed E-state index contributed by atoms with van der Waals surface area (Å²) in [5.74, 6) is -1.44. The molecule has 0 aliphatic rings. The van der Waals surface area contributed by atoms with Crippen LogP contribution in [-0.2, 0) is 19.1 Å². The Morgan fingerprint density at radius 1 is 1.08 bits per heavy atom. The van der Waals surface area contributed by atoms with E-state index in [0.717, 1.165) is 9.75 Å². The van der Waals surface area contributed by atoms with E-state index < -0.39 is 11.9 Å². The van der Waals surface area contributed by atoms with Crippen LogP contribution in [0, 0.1) is 13.8 Å². The number of thiazole rings is 2. The van der Waals surface area contributed by atoms with Gasteiger partial charge in [0.25, 0.3) is 0 Å². The molecule has 26 heavy (non-hydrogen) atoms. The van der Waals surface area contributed by atoms with Gasteiger partial charge in [0.1, 0.15) is 0 Å². The summed E-state index contributed by atoms with van der Waals surface area (Å²) in [5, 5.41) is 4.03. The van der Waals surface area contributed by atoms with Crippen LogP contribution in [0.15, 0.2) is 24.2 Å². The van der Waals surface area contributed by atoms with Crippen molar-refractivity contribution in [2.24, 2.45) is 0 Å². The summed E-state index contributed by atoms with van der Waals surface area (Å²) in [5.41, 5.74) is 5.10. The topological polar surface area (TPSA) is 116 Å². The minimum absolute atomic E-state index is 0.184. The largest absolute Gasteiger partial charge is 0.462 e. The van der Waals surface area contributed by atoms with Crippen molar-refractivity contribution in [3.05, 3.63) is 33.9 Å². The lowest BCUT2D eigenvalue weighted by Crippen LogP contribution is -2.19. The lowest BCUT2D eigenvalue weighted by atomic mass is 10.3. The second kappa shape index (κ2) is 11.2. The van der Waals surface area contributed by atoms with E-state index in [2.05, 4.69) is 15.3 Å². The molecule has 2 heterocycles. The van der Waals surface area contributed by atoms with E-state index in [-0.39, 0.29) is 18.8 Å². The molecule has 142 valence electrons. The molecule has 0 aromatic carbocycles. The molecule has 0 saturated heterocycles. The zero-order chi connectivity index (χ0) is 19.5. The fraction of sp³-hybridized carbons (Fsp3) is 0.375. The normalized spacial score (nSPS) is 9.54. The highest BCUT2D eigenvalue weighted by atomic mass is 32.1. The minimum atomic E-state index is -0.721. The van der Waals surface area contributed by atoms with E-state index in [1.165, 1.54) is 28.9 Å². The molecule has 8 nitrogen and oxygen atoms in total. The van der Waals surface area contributed by atoms with Gasteiger partial charge in [-0.25, -0.2) is 19.6 Å². The first-order chi connectivity index (χ1) is 12.4. The van der Waals surface area contributed by atoms with Gasteiger partial charge in [-0.05, 0) is 27.7 Å². The average Bonchev–Trinajstić information content (AvgIpc) is 3.16.